The van der Waals surface area contributed by atoms with Gasteiger partial charge in [-0.2, -0.15) is 5.10 Å². The van der Waals surface area contributed by atoms with E-state index < -0.39 is 10.0 Å². The predicted octanol–water partition coefficient (Wildman–Crippen LogP) is 2.33. The lowest BCUT2D eigenvalue weighted by molar-refractivity contribution is 0.0374. The predicted molar refractivity (Wildman–Crippen MR) is 103 cm³/mol. The van der Waals surface area contributed by atoms with Gasteiger partial charge in [0.15, 0.2) is 5.82 Å². The summed E-state index contributed by atoms with van der Waals surface area (Å²) in [6.45, 7) is 4.08. The molecule has 1 amide bonds. The number of carbonyl (C=O) groups is 1. The van der Waals surface area contributed by atoms with Gasteiger partial charge in [0.25, 0.3) is 0 Å². The molecule has 2 heterocycles. The Labute approximate surface area is 163 Å². The number of aromatic amines is 1. The van der Waals surface area contributed by atoms with Crippen molar-refractivity contribution in [3.8, 4) is 0 Å². The van der Waals surface area contributed by atoms with Crippen LogP contribution in [-0.4, -0.2) is 36.9 Å². The molecule has 1 aromatic carbocycles. The molecule has 1 aliphatic heterocycles. The number of benzene rings is 1. The Balaban J connectivity index is 1.33. The molecule has 1 saturated carbocycles. The molecule has 1 aliphatic carbocycles. The Kier molecular flexibility index (Phi) is 4.76. The molecule has 2 aromatic rings. The minimum Gasteiger partial charge on any atom is -0.446 e. The van der Waals surface area contributed by atoms with Gasteiger partial charge in [-0.25, -0.2) is 17.9 Å². The number of nitrogens with zero attached hydrogens (tertiary/aromatic N) is 1. The molecule has 0 saturated heterocycles. The van der Waals surface area contributed by atoms with Crippen LogP contribution in [0.25, 0.3) is 0 Å². The summed E-state index contributed by atoms with van der Waals surface area (Å²) in [6, 6.07) is 7.10. The minimum absolute atomic E-state index is 0.0553. The Hall–Kier alpha value is -2.59. The zero-order chi connectivity index (χ0) is 19.9. The van der Waals surface area contributed by atoms with Gasteiger partial charge in [-0.3, -0.25) is 5.10 Å². The SMILES string of the molecule is CC(C)NC(=O)OC1CC(c2cc(Nc3ccc4c(c3)CNS4(=O)=O)n[nH]2)C1. The van der Waals surface area contributed by atoms with Gasteiger partial charge in [0.1, 0.15) is 6.10 Å². The normalized spacial score (nSPS) is 22.4. The molecule has 0 unspecified atom stereocenters. The maximum absolute atomic E-state index is 11.8. The molecular formula is C18H23N5O4S. The monoisotopic (exact) mass is 405 g/mol. The minimum atomic E-state index is -3.36. The average Bonchev–Trinajstić information content (AvgIpc) is 3.14. The highest BCUT2D eigenvalue weighted by atomic mass is 32.2. The van der Waals surface area contributed by atoms with E-state index in [1.807, 2.05) is 26.0 Å². The number of H-pyrrole nitrogens is 1. The number of amides is 1. The Morgan fingerprint density at radius 2 is 2.07 bits per heavy atom. The number of carbonyl (C=O) groups excluding carboxylic acids is 1. The molecule has 1 fully saturated rings. The maximum atomic E-state index is 11.8. The number of alkyl carbamates (subject to hydrolysis) is 1. The van der Waals surface area contributed by atoms with Crippen LogP contribution in [0.1, 0.15) is 43.9 Å². The molecule has 28 heavy (non-hydrogen) atoms. The Morgan fingerprint density at radius 3 is 2.82 bits per heavy atom. The third-order valence-electron chi connectivity index (χ3n) is 4.89. The lowest BCUT2D eigenvalue weighted by Gasteiger charge is -2.33. The van der Waals surface area contributed by atoms with Crippen molar-refractivity contribution in [1.82, 2.24) is 20.2 Å². The number of rotatable bonds is 5. The van der Waals surface area contributed by atoms with Crippen molar-refractivity contribution in [2.24, 2.45) is 0 Å². The number of nitrogens with one attached hydrogen (secondary N) is 4. The fraction of sp³-hybridized carbons (Fsp3) is 0.444. The lowest BCUT2D eigenvalue weighted by Crippen LogP contribution is -2.38. The molecule has 150 valence electrons. The van der Waals surface area contributed by atoms with Gasteiger partial charge in [-0.05, 0) is 50.5 Å². The first-order valence-corrected chi connectivity index (χ1v) is 10.7. The van der Waals surface area contributed by atoms with Crippen molar-refractivity contribution < 1.29 is 17.9 Å². The van der Waals surface area contributed by atoms with Crippen molar-refractivity contribution >= 4 is 27.6 Å². The van der Waals surface area contributed by atoms with Crippen LogP contribution in [0.5, 0.6) is 0 Å². The number of hydrogen-bond donors (Lipinski definition) is 4. The van der Waals surface area contributed by atoms with Crippen molar-refractivity contribution in [3.05, 3.63) is 35.5 Å². The van der Waals surface area contributed by atoms with E-state index >= 15 is 0 Å². The first kappa shape index (κ1) is 18.8. The highest BCUT2D eigenvalue weighted by Gasteiger charge is 2.34. The molecule has 0 radical (unpaired) electrons. The zero-order valence-electron chi connectivity index (χ0n) is 15.7. The van der Waals surface area contributed by atoms with E-state index in [-0.39, 0.29) is 24.2 Å². The molecule has 9 nitrogen and oxygen atoms in total. The van der Waals surface area contributed by atoms with Crippen LogP contribution in [0.15, 0.2) is 29.2 Å². The quantitative estimate of drug-likeness (QED) is 0.605. The van der Waals surface area contributed by atoms with Crippen molar-refractivity contribution in [2.45, 2.75) is 56.2 Å². The van der Waals surface area contributed by atoms with Crippen LogP contribution >= 0.6 is 0 Å². The van der Waals surface area contributed by atoms with Gasteiger partial charge >= 0.3 is 6.09 Å². The summed E-state index contributed by atoms with van der Waals surface area (Å²) >= 11 is 0. The topological polar surface area (TPSA) is 125 Å². The number of fused-ring (bicyclic) bond motifs is 1. The van der Waals surface area contributed by atoms with E-state index in [2.05, 4.69) is 25.6 Å². The third-order valence-corrected chi connectivity index (χ3v) is 6.39. The van der Waals surface area contributed by atoms with E-state index in [0.717, 1.165) is 29.8 Å². The van der Waals surface area contributed by atoms with Crippen molar-refractivity contribution in [1.29, 1.82) is 0 Å². The number of sulfonamides is 1. The van der Waals surface area contributed by atoms with Gasteiger partial charge in [-0.1, -0.05) is 0 Å². The average molecular weight is 405 g/mol. The molecule has 2 aliphatic rings. The summed E-state index contributed by atoms with van der Waals surface area (Å²) in [5, 5.41) is 13.2. The summed E-state index contributed by atoms with van der Waals surface area (Å²) in [5.41, 5.74) is 2.49. The fourth-order valence-electron chi connectivity index (χ4n) is 3.40. The smallest absolute Gasteiger partial charge is 0.407 e. The molecule has 10 heteroatoms. The first-order chi connectivity index (χ1) is 13.3. The van der Waals surface area contributed by atoms with Crippen LogP contribution in [-0.2, 0) is 21.3 Å². The lowest BCUT2D eigenvalue weighted by atomic mass is 9.80. The second-order valence-electron chi connectivity index (χ2n) is 7.48. The van der Waals surface area contributed by atoms with E-state index in [0.29, 0.717) is 17.3 Å². The molecule has 0 spiro atoms. The Morgan fingerprint density at radius 1 is 1.29 bits per heavy atom. The molecule has 4 N–H and O–H groups in total. The van der Waals surface area contributed by atoms with Gasteiger partial charge in [-0.15, -0.1) is 0 Å². The highest BCUT2D eigenvalue weighted by Crippen LogP contribution is 2.38. The second kappa shape index (κ2) is 7.10. The summed E-state index contributed by atoms with van der Waals surface area (Å²) in [4.78, 5) is 11.9. The van der Waals surface area contributed by atoms with E-state index in [4.69, 9.17) is 4.74 Å². The van der Waals surface area contributed by atoms with Gasteiger partial charge in [0.2, 0.25) is 10.0 Å². The first-order valence-electron chi connectivity index (χ1n) is 9.22. The fourth-order valence-corrected chi connectivity index (χ4v) is 4.63. The van der Waals surface area contributed by atoms with E-state index in [1.165, 1.54) is 0 Å². The molecule has 1 aromatic heterocycles. The summed E-state index contributed by atoms with van der Waals surface area (Å²) in [7, 11) is -3.36. The van der Waals surface area contributed by atoms with Crippen LogP contribution in [0.4, 0.5) is 16.3 Å². The Bertz CT molecular complexity index is 995. The van der Waals surface area contributed by atoms with Crippen LogP contribution in [0.3, 0.4) is 0 Å². The van der Waals surface area contributed by atoms with Crippen molar-refractivity contribution in [3.63, 3.8) is 0 Å². The van der Waals surface area contributed by atoms with Crippen LogP contribution in [0, 0.1) is 0 Å². The summed E-state index contributed by atoms with van der Waals surface area (Å²) in [5.74, 6) is 0.931. The molecule has 4 rings (SSSR count). The zero-order valence-corrected chi connectivity index (χ0v) is 16.5. The highest BCUT2D eigenvalue weighted by molar-refractivity contribution is 7.89. The molecular weight excluding hydrogens is 382 g/mol. The standard InChI is InChI=1S/C18H23N5O4S/c1-10(2)20-18(24)27-14-6-11(7-14)15-8-17(23-22-15)21-13-3-4-16-12(5-13)9-19-28(16,25)26/h3-5,8,10-11,14,19H,6-7,9H2,1-2H3,(H,20,24)(H2,21,22,23). The number of hydrogen-bond acceptors (Lipinski definition) is 6. The molecule has 0 bridgehead atoms. The summed E-state index contributed by atoms with van der Waals surface area (Å²) in [6.07, 6.45) is 1.07. The van der Waals surface area contributed by atoms with E-state index in [9.17, 15) is 13.2 Å². The van der Waals surface area contributed by atoms with Crippen molar-refractivity contribution in [2.75, 3.05) is 5.32 Å². The van der Waals surface area contributed by atoms with Gasteiger partial charge < -0.3 is 15.4 Å². The second-order valence-corrected chi connectivity index (χ2v) is 9.21. The largest absolute Gasteiger partial charge is 0.446 e. The van der Waals surface area contributed by atoms with Gasteiger partial charge in [0.05, 0.1) is 4.90 Å². The molecule has 0 atom stereocenters. The summed E-state index contributed by atoms with van der Waals surface area (Å²) < 4.78 is 31.5. The van der Waals surface area contributed by atoms with Gasteiger partial charge in [0, 0.05) is 36.0 Å². The van der Waals surface area contributed by atoms with Crippen LogP contribution in [0.2, 0.25) is 0 Å². The number of aromatic nitrogens is 2. The number of anilines is 2. The van der Waals surface area contributed by atoms with E-state index in [1.54, 1.807) is 12.1 Å². The third kappa shape index (κ3) is 3.83. The number of ether oxygens (including phenoxy) is 1. The van der Waals surface area contributed by atoms with Crippen LogP contribution < -0.4 is 15.4 Å². The maximum Gasteiger partial charge on any atom is 0.407 e.